The molecule has 0 spiro atoms. The van der Waals surface area contributed by atoms with E-state index in [0.29, 0.717) is 6.42 Å². The van der Waals surface area contributed by atoms with Gasteiger partial charge in [-0.05, 0) is 35.4 Å². The molecule has 4 aromatic rings. The van der Waals surface area contributed by atoms with Crippen molar-refractivity contribution in [2.75, 3.05) is 12.5 Å². The van der Waals surface area contributed by atoms with E-state index >= 15 is 0 Å². The highest BCUT2D eigenvalue weighted by atomic mass is 16.5. The zero-order valence-electron chi connectivity index (χ0n) is 19.3. The van der Waals surface area contributed by atoms with Gasteiger partial charge in [0.05, 0.1) is 29.9 Å². The summed E-state index contributed by atoms with van der Waals surface area (Å²) in [6, 6.07) is 24.7. The van der Waals surface area contributed by atoms with Gasteiger partial charge in [0.15, 0.2) is 0 Å². The van der Waals surface area contributed by atoms with E-state index in [1.165, 1.54) is 5.01 Å². The van der Waals surface area contributed by atoms with Crippen LogP contribution >= 0.6 is 0 Å². The summed E-state index contributed by atoms with van der Waals surface area (Å²) >= 11 is 0. The molecule has 35 heavy (non-hydrogen) atoms. The summed E-state index contributed by atoms with van der Waals surface area (Å²) in [6.07, 6.45) is 2.22. The van der Waals surface area contributed by atoms with Crippen molar-refractivity contribution in [3.8, 4) is 5.75 Å². The Morgan fingerprint density at radius 3 is 2.49 bits per heavy atom. The average Bonchev–Trinajstić information content (AvgIpc) is 3.53. The molecule has 0 fully saturated rings. The average molecular weight is 468 g/mol. The predicted octanol–water partition coefficient (Wildman–Crippen LogP) is 4.27. The topological polar surface area (TPSA) is 88.8 Å². The Morgan fingerprint density at radius 1 is 0.971 bits per heavy atom. The zero-order chi connectivity index (χ0) is 24.2. The molecule has 2 heterocycles. The van der Waals surface area contributed by atoms with Crippen molar-refractivity contribution in [2.45, 2.75) is 25.3 Å². The number of hydrazone groups is 1. The lowest BCUT2D eigenvalue weighted by Gasteiger charge is -2.22. The molecular weight excluding hydrogens is 442 g/mol. The highest BCUT2D eigenvalue weighted by Gasteiger charge is 2.33. The summed E-state index contributed by atoms with van der Waals surface area (Å²) in [5.74, 6) is 0.272. The zero-order valence-corrected chi connectivity index (χ0v) is 19.3. The molecule has 0 saturated heterocycles. The van der Waals surface area contributed by atoms with Crippen LogP contribution in [0.4, 0.5) is 0 Å². The van der Waals surface area contributed by atoms with Crippen molar-refractivity contribution in [1.82, 2.24) is 14.7 Å². The van der Waals surface area contributed by atoms with Crippen LogP contribution in [0.15, 0.2) is 90.3 Å². The second-order valence-corrected chi connectivity index (χ2v) is 8.28. The molecule has 0 radical (unpaired) electrons. The van der Waals surface area contributed by atoms with Crippen LogP contribution in [0, 0.1) is 0 Å². The quantitative estimate of drug-likeness (QED) is 0.440. The molecule has 2 amide bonds. The van der Waals surface area contributed by atoms with E-state index in [4.69, 9.17) is 4.74 Å². The van der Waals surface area contributed by atoms with Gasteiger partial charge in [-0.1, -0.05) is 54.6 Å². The number of amides is 2. The number of hydrogen-bond donors (Lipinski definition) is 1. The molecule has 1 aromatic heterocycles. The van der Waals surface area contributed by atoms with E-state index in [2.05, 4.69) is 15.5 Å². The number of rotatable bonds is 7. The SMILES string of the molecule is COc1ccc(C2CC(c3ccccc3)=NN2C(=O)CCC(=O)Nn2cnc3ccccc32)cc1. The Balaban J connectivity index is 1.30. The smallest absolute Gasteiger partial charge is 0.243 e. The maximum atomic E-state index is 13.2. The summed E-state index contributed by atoms with van der Waals surface area (Å²) < 4.78 is 6.84. The van der Waals surface area contributed by atoms with Crippen LogP contribution in [0.1, 0.15) is 36.4 Å². The first kappa shape index (κ1) is 22.3. The van der Waals surface area contributed by atoms with E-state index < -0.39 is 0 Å². The third-order valence-electron chi connectivity index (χ3n) is 6.04. The number of benzene rings is 3. The molecule has 1 atom stereocenters. The standard InChI is InChI=1S/C27H25N5O3/c1-35-21-13-11-20(12-14-21)25-17-23(19-7-3-2-4-8-19)29-32(25)27(34)16-15-26(33)30-31-18-28-22-9-5-6-10-24(22)31/h2-14,18,25H,15-17H2,1H3,(H,30,33). The molecule has 1 aliphatic rings. The molecule has 1 unspecified atom stereocenters. The third-order valence-corrected chi connectivity index (χ3v) is 6.04. The van der Waals surface area contributed by atoms with Gasteiger partial charge in [-0.25, -0.2) is 14.7 Å². The first-order chi connectivity index (χ1) is 17.1. The van der Waals surface area contributed by atoms with Crippen LogP contribution in [0.3, 0.4) is 0 Å². The second kappa shape index (κ2) is 9.80. The van der Waals surface area contributed by atoms with Gasteiger partial charge in [0.1, 0.15) is 12.1 Å². The molecule has 0 aliphatic carbocycles. The Morgan fingerprint density at radius 2 is 1.71 bits per heavy atom. The van der Waals surface area contributed by atoms with Gasteiger partial charge >= 0.3 is 0 Å². The van der Waals surface area contributed by atoms with Gasteiger partial charge < -0.3 is 4.74 Å². The van der Waals surface area contributed by atoms with Crippen molar-refractivity contribution >= 4 is 28.6 Å². The molecule has 1 N–H and O–H groups in total. The maximum absolute atomic E-state index is 13.2. The number of aromatic nitrogens is 2. The van der Waals surface area contributed by atoms with Crippen molar-refractivity contribution in [3.05, 3.63) is 96.3 Å². The van der Waals surface area contributed by atoms with E-state index in [-0.39, 0.29) is 30.7 Å². The van der Waals surface area contributed by atoms with Gasteiger partial charge in [-0.15, -0.1) is 0 Å². The predicted molar refractivity (Wildman–Crippen MR) is 134 cm³/mol. The number of nitrogens with one attached hydrogen (secondary N) is 1. The van der Waals surface area contributed by atoms with Gasteiger partial charge in [0.2, 0.25) is 11.8 Å². The first-order valence-electron chi connectivity index (χ1n) is 11.4. The second-order valence-electron chi connectivity index (χ2n) is 8.28. The Labute approximate surface area is 202 Å². The van der Waals surface area contributed by atoms with Crippen molar-refractivity contribution in [1.29, 1.82) is 0 Å². The molecular formula is C27H25N5O3. The van der Waals surface area contributed by atoms with Gasteiger partial charge in [-0.3, -0.25) is 15.0 Å². The normalized spacial score (nSPS) is 15.2. The van der Waals surface area contributed by atoms with Crippen LogP contribution in [0.2, 0.25) is 0 Å². The van der Waals surface area contributed by atoms with Crippen LogP contribution in [-0.2, 0) is 9.59 Å². The summed E-state index contributed by atoms with van der Waals surface area (Å²) in [5, 5.41) is 6.19. The molecule has 1 aliphatic heterocycles. The fourth-order valence-corrected chi connectivity index (χ4v) is 4.20. The largest absolute Gasteiger partial charge is 0.497 e. The summed E-state index contributed by atoms with van der Waals surface area (Å²) in [5.41, 5.74) is 7.15. The Kier molecular flexibility index (Phi) is 6.26. The van der Waals surface area contributed by atoms with Crippen molar-refractivity contribution in [3.63, 3.8) is 0 Å². The molecule has 0 saturated carbocycles. The minimum Gasteiger partial charge on any atom is -0.497 e. The Bertz CT molecular complexity index is 1380. The van der Waals surface area contributed by atoms with E-state index in [0.717, 1.165) is 33.6 Å². The fourth-order valence-electron chi connectivity index (χ4n) is 4.20. The van der Waals surface area contributed by atoms with Gasteiger partial charge in [-0.2, -0.15) is 5.10 Å². The highest BCUT2D eigenvalue weighted by molar-refractivity contribution is 6.03. The van der Waals surface area contributed by atoms with Crippen LogP contribution in [0.5, 0.6) is 5.75 Å². The van der Waals surface area contributed by atoms with Crippen molar-refractivity contribution < 1.29 is 14.3 Å². The lowest BCUT2D eigenvalue weighted by molar-refractivity contribution is -0.134. The fraction of sp³-hybridized carbons (Fsp3) is 0.185. The number of carbonyl (C=O) groups excluding carboxylic acids is 2. The molecule has 5 rings (SSSR count). The summed E-state index contributed by atoms with van der Waals surface area (Å²) in [6.45, 7) is 0. The third kappa shape index (κ3) is 4.77. The molecule has 176 valence electrons. The lowest BCUT2D eigenvalue weighted by atomic mass is 9.98. The lowest BCUT2D eigenvalue weighted by Crippen LogP contribution is -2.29. The minimum absolute atomic E-state index is 0.0351. The van der Waals surface area contributed by atoms with E-state index in [1.807, 2.05) is 78.9 Å². The van der Waals surface area contributed by atoms with E-state index in [9.17, 15) is 9.59 Å². The number of ether oxygens (including phenoxy) is 1. The molecule has 0 bridgehead atoms. The van der Waals surface area contributed by atoms with Gasteiger partial charge in [0, 0.05) is 19.3 Å². The number of carbonyl (C=O) groups is 2. The number of hydrogen-bond acceptors (Lipinski definition) is 5. The summed E-state index contributed by atoms with van der Waals surface area (Å²) in [7, 11) is 1.62. The van der Waals surface area contributed by atoms with Crippen LogP contribution in [0.25, 0.3) is 11.0 Å². The molecule has 3 aromatic carbocycles. The number of nitrogens with zero attached hydrogens (tertiary/aromatic N) is 4. The summed E-state index contributed by atoms with van der Waals surface area (Å²) in [4.78, 5) is 30.1. The highest BCUT2D eigenvalue weighted by Crippen LogP contribution is 2.34. The van der Waals surface area contributed by atoms with E-state index in [1.54, 1.807) is 18.1 Å². The number of methoxy groups -OCH3 is 1. The Hall–Kier alpha value is -4.46. The number of imidazole rings is 1. The maximum Gasteiger partial charge on any atom is 0.243 e. The van der Waals surface area contributed by atoms with Crippen LogP contribution < -0.4 is 10.2 Å². The molecule has 8 heteroatoms. The number of fused-ring (bicyclic) bond motifs is 1. The minimum atomic E-state index is -0.269. The van der Waals surface area contributed by atoms with Crippen LogP contribution in [-0.4, -0.2) is 39.3 Å². The van der Waals surface area contributed by atoms with Crippen molar-refractivity contribution in [2.24, 2.45) is 5.10 Å². The first-order valence-corrected chi connectivity index (χ1v) is 11.4. The monoisotopic (exact) mass is 467 g/mol. The van der Waals surface area contributed by atoms with Gasteiger partial charge in [0.25, 0.3) is 0 Å². The number of para-hydroxylation sites is 2. The molecule has 8 nitrogen and oxygen atoms in total.